The molecule has 0 heterocycles. The van der Waals surface area contributed by atoms with Gasteiger partial charge in [-0.25, -0.2) is 0 Å². The molecule has 0 aromatic heterocycles. The average molecular weight is 258 g/mol. The monoisotopic (exact) mass is 257 g/mol. The normalized spacial score (nSPS) is 12.6. The van der Waals surface area contributed by atoms with Gasteiger partial charge in [-0.1, -0.05) is 15.9 Å². The first-order valence-electron chi connectivity index (χ1n) is 4.59. The van der Waals surface area contributed by atoms with Crippen LogP contribution in [0.5, 0.6) is 0 Å². The third-order valence-corrected chi connectivity index (χ3v) is 2.92. The summed E-state index contributed by atoms with van der Waals surface area (Å²) in [6.45, 7) is 3.26. The van der Waals surface area contributed by atoms with Crippen LogP contribution in [-0.2, 0) is 0 Å². The molecule has 1 aromatic carbocycles. The Hall–Kier alpha value is -0.580. The van der Waals surface area contributed by atoms with Crippen molar-refractivity contribution in [1.82, 2.24) is 0 Å². The molecule has 1 atom stereocenters. The van der Waals surface area contributed by atoms with Gasteiger partial charge in [0.1, 0.15) is 0 Å². The second-order valence-corrected chi connectivity index (χ2v) is 4.19. The Morgan fingerprint density at radius 2 is 2.21 bits per heavy atom. The minimum absolute atomic E-state index is 0.0129. The van der Waals surface area contributed by atoms with Crippen LogP contribution in [0.4, 0.5) is 5.69 Å². The van der Waals surface area contributed by atoms with E-state index in [1.54, 1.807) is 0 Å². The Labute approximate surface area is 93.0 Å². The molecule has 1 rings (SSSR count). The molecule has 0 aliphatic rings. The minimum atomic E-state index is 0.0129. The first kappa shape index (κ1) is 11.5. The van der Waals surface area contributed by atoms with E-state index in [4.69, 9.17) is 11.5 Å². The summed E-state index contributed by atoms with van der Waals surface area (Å²) in [5, 5.41) is 3.24. The molecule has 0 aliphatic carbocycles. The molecule has 4 heteroatoms. The zero-order chi connectivity index (χ0) is 10.6. The predicted octanol–water partition coefficient (Wildman–Crippen LogP) is 1.46. The van der Waals surface area contributed by atoms with E-state index in [0.717, 1.165) is 10.2 Å². The maximum absolute atomic E-state index is 5.69. The molecule has 0 radical (unpaired) electrons. The van der Waals surface area contributed by atoms with Crippen LogP contribution in [0.15, 0.2) is 22.7 Å². The molecule has 1 aromatic rings. The maximum atomic E-state index is 5.69. The summed E-state index contributed by atoms with van der Waals surface area (Å²) in [6.07, 6.45) is 0. The average Bonchev–Trinajstić information content (AvgIpc) is 2.19. The standard InChI is InChI=1S/C10H16BrN3/c1-7-4-9(2-3-10(7)11)14-6-8(13)5-12/h2-4,8,14H,5-6,12-13H2,1H3. The van der Waals surface area contributed by atoms with Crippen LogP contribution < -0.4 is 16.8 Å². The summed E-state index contributed by atoms with van der Waals surface area (Å²) in [6, 6.07) is 6.12. The number of nitrogens with two attached hydrogens (primary N) is 2. The predicted molar refractivity (Wildman–Crippen MR) is 64.4 cm³/mol. The number of anilines is 1. The van der Waals surface area contributed by atoms with Crippen molar-refractivity contribution in [2.24, 2.45) is 11.5 Å². The Morgan fingerprint density at radius 1 is 1.50 bits per heavy atom. The lowest BCUT2D eigenvalue weighted by molar-refractivity contribution is 0.713. The van der Waals surface area contributed by atoms with Crippen LogP contribution in [0.1, 0.15) is 5.56 Å². The van der Waals surface area contributed by atoms with E-state index in [1.807, 2.05) is 12.1 Å². The lowest BCUT2D eigenvalue weighted by Crippen LogP contribution is -2.36. The van der Waals surface area contributed by atoms with Gasteiger partial charge in [-0.05, 0) is 30.7 Å². The highest BCUT2D eigenvalue weighted by Gasteiger charge is 2.00. The summed E-state index contributed by atoms with van der Waals surface area (Å²) < 4.78 is 1.12. The van der Waals surface area contributed by atoms with Gasteiger partial charge in [0.25, 0.3) is 0 Å². The quantitative estimate of drug-likeness (QED) is 0.766. The van der Waals surface area contributed by atoms with Crippen molar-refractivity contribution < 1.29 is 0 Å². The van der Waals surface area contributed by atoms with Crippen molar-refractivity contribution in [3.63, 3.8) is 0 Å². The summed E-state index contributed by atoms with van der Waals surface area (Å²) in [4.78, 5) is 0. The zero-order valence-corrected chi connectivity index (χ0v) is 9.84. The van der Waals surface area contributed by atoms with Crippen molar-refractivity contribution >= 4 is 21.6 Å². The largest absolute Gasteiger partial charge is 0.383 e. The van der Waals surface area contributed by atoms with Gasteiger partial charge in [0, 0.05) is 29.3 Å². The van der Waals surface area contributed by atoms with E-state index in [9.17, 15) is 0 Å². The molecule has 0 aliphatic heterocycles. The Bertz CT molecular complexity index is 301. The number of halogens is 1. The van der Waals surface area contributed by atoms with Crippen molar-refractivity contribution in [3.05, 3.63) is 28.2 Å². The number of rotatable bonds is 4. The van der Waals surface area contributed by atoms with Gasteiger partial charge in [-0.2, -0.15) is 0 Å². The van der Waals surface area contributed by atoms with E-state index in [2.05, 4.69) is 34.2 Å². The lowest BCUT2D eigenvalue weighted by Gasteiger charge is -2.12. The summed E-state index contributed by atoms with van der Waals surface area (Å²) >= 11 is 3.45. The number of benzene rings is 1. The molecular weight excluding hydrogens is 242 g/mol. The fourth-order valence-electron chi connectivity index (χ4n) is 1.09. The van der Waals surface area contributed by atoms with Gasteiger partial charge < -0.3 is 16.8 Å². The molecule has 3 nitrogen and oxygen atoms in total. The van der Waals surface area contributed by atoms with E-state index in [-0.39, 0.29) is 6.04 Å². The smallest absolute Gasteiger partial charge is 0.0344 e. The SMILES string of the molecule is Cc1cc(NCC(N)CN)ccc1Br. The zero-order valence-electron chi connectivity index (χ0n) is 8.26. The fourth-order valence-corrected chi connectivity index (χ4v) is 1.33. The number of hydrogen-bond donors (Lipinski definition) is 3. The fraction of sp³-hybridized carbons (Fsp3) is 0.400. The Morgan fingerprint density at radius 3 is 2.79 bits per heavy atom. The molecular formula is C10H16BrN3. The summed E-state index contributed by atoms with van der Waals surface area (Å²) in [7, 11) is 0. The topological polar surface area (TPSA) is 64.1 Å². The molecule has 78 valence electrons. The highest BCUT2D eigenvalue weighted by Crippen LogP contribution is 2.19. The first-order chi connectivity index (χ1) is 6.63. The molecule has 14 heavy (non-hydrogen) atoms. The third-order valence-electron chi connectivity index (χ3n) is 2.03. The molecule has 0 amide bonds. The van der Waals surface area contributed by atoms with Crippen molar-refractivity contribution in [2.45, 2.75) is 13.0 Å². The highest BCUT2D eigenvalue weighted by molar-refractivity contribution is 9.10. The minimum Gasteiger partial charge on any atom is -0.383 e. The van der Waals surface area contributed by atoms with Gasteiger partial charge in [0.2, 0.25) is 0 Å². The van der Waals surface area contributed by atoms with Crippen LogP contribution in [-0.4, -0.2) is 19.1 Å². The highest BCUT2D eigenvalue weighted by atomic mass is 79.9. The maximum Gasteiger partial charge on any atom is 0.0344 e. The van der Waals surface area contributed by atoms with Crippen LogP contribution in [0.3, 0.4) is 0 Å². The molecule has 0 spiro atoms. The number of hydrogen-bond acceptors (Lipinski definition) is 3. The van der Waals surface area contributed by atoms with Gasteiger partial charge in [-0.3, -0.25) is 0 Å². The third kappa shape index (κ3) is 3.29. The molecule has 0 fully saturated rings. The van der Waals surface area contributed by atoms with E-state index in [1.165, 1.54) is 5.56 Å². The van der Waals surface area contributed by atoms with Gasteiger partial charge in [0.05, 0.1) is 0 Å². The van der Waals surface area contributed by atoms with Crippen LogP contribution >= 0.6 is 15.9 Å². The van der Waals surface area contributed by atoms with E-state index >= 15 is 0 Å². The van der Waals surface area contributed by atoms with E-state index < -0.39 is 0 Å². The van der Waals surface area contributed by atoms with Crippen molar-refractivity contribution in [1.29, 1.82) is 0 Å². The Kier molecular flexibility index (Phi) is 4.38. The second kappa shape index (κ2) is 5.34. The molecule has 5 N–H and O–H groups in total. The van der Waals surface area contributed by atoms with Crippen LogP contribution in [0, 0.1) is 6.92 Å². The molecule has 0 bridgehead atoms. The van der Waals surface area contributed by atoms with Gasteiger partial charge in [0.15, 0.2) is 0 Å². The van der Waals surface area contributed by atoms with Crippen LogP contribution in [0.2, 0.25) is 0 Å². The lowest BCUT2D eigenvalue weighted by atomic mass is 10.2. The van der Waals surface area contributed by atoms with Gasteiger partial charge >= 0.3 is 0 Å². The van der Waals surface area contributed by atoms with Crippen molar-refractivity contribution in [2.75, 3.05) is 18.4 Å². The molecule has 0 saturated heterocycles. The van der Waals surface area contributed by atoms with Crippen molar-refractivity contribution in [3.8, 4) is 0 Å². The van der Waals surface area contributed by atoms with E-state index in [0.29, 0.717) is 13.1 Å². The van der Waals surface area contributed by atoms with Crippen LogP contribution in [0.25, 0.3) is 0 Å². The second-order valence-electron chi connectivity index (χ2n) is 3.34. The molecule has 0 saturated carbocycles. The number of nitrogens with one attached hydrogen (secondary N) is 1. The summed E-state index contributed by atoms with van der Waals surface area (Å²) in [5.41, 5.74) is 13.4. The summed E-state index contributed by atoms with van der Waals surface area (Å²) in [5.74, 6) is 0. The Balaban J connectivity index is 2.55. The number of aryl methyl sites for hydroxylation is 1. The first-order valence-corrected chi connectivity index (χ1v) is 5.38. The molecule has 1 unspecified atom stereocenters. The van der Waals surface area contributed by atoms with Gasteiger partial charge in [-0.15, -0.1) is 0 Å².